The summed E-state index contributed by atoms with van der Waals surface area (Å²) >= 11 is 3.54. The van der Waals surface area contributed by atoms with Crippen molar-refractivity contribution < 1.29 is 37.7 Å². The number of H-pyrrole nitrogens is 1. The van der Waals surface area contributed by atoms with Gasteiger partial charge in [-0.3, -0.25) is 23.9 Å². The number of unbranched alkanes of at least 4 members (excludes halogenated alkanes) is 3. The van der Waals surface area contributed by atoms with Gasteiger partial charge in [-0.05, 0) is 19.9 Å². The maximum atomic E-state index is 12.0. The molecule has 33 heavy (non-hydrogen) atoms. The Bertz CT molecular complexity index is 836. The van der Waals surface area contributed by atoms with Crippen LogP contribution in [0.5, 0.6) is 0 Å². The van der Waals surface area contributed by atoms with Crippen molar-refractivity contribution in [1.29, 1.82) is 0 Å². The Labute approximate surface area is 192 Å². The summed E-state index contributed by atoms with van der Waals surface area (Å²) in [6.07, 6.45) is -5.90. The predicted octanol–water partition coefficient (Wildman–Crippen LogP) is -0.538. The molecule has 1 aliphatic heterocycles. The summed E-state index contributed by atoms with van der Waals surface area (Å²) in [5.74, 6) is -1.97. The highest BCUT2D eigenvalue weighted by atomic mass is 32.1. The number of carbonyl (C=O) groups excluding carboxylic acids is 1. The molecule has 0 spiro atoms. The van der Waals surface area contributed by atoms with Gasteiger partial charge in [0.15, 0.2) is 6.23 Å². The first kappa shape index (κ1) is 29.1. The molecular formula is C18H29F3N4O7S. The number of nitrogens with zero attached hydrogens (tertiary/aromatic N) is 1. The van der Waals surface area contributed by atoms with Crippen molar-refractivity contribution in [3.63, 3.8) is 0 Å². The summed E-state index contributed by atoms with van der Waals surface area (Å²) in [6, 6.07) is 1.11. The van der Waals surface area contributed by atoms with Gasteiger partial charge in [-0.2, -0.15) is 13.2 Å². The van der Waals surface area contributed by atoms with Crippen LogP contribution in [0.4, 0.5) is 13.2 Å². The number of aromatic amines is 1. The van der Waals surface area contributed by atoms with Gasteiger partial charge >= 0.3 is 17.8 Å². The van der Waals surface area contributed by atoms with Crippen LogP contribution in [0.25, 0.3) is 0 Å². The van der Waals surface area contributed by atoms with Crippen molar-refractivity contribution in [3.05, 3.63) is 33.1 Å². The highest BCUT2D eigenvalue weighted by Crippen LogP contribution is 2.30. The fourth-order valence-corrected chi connectivity index (χ4v) is 3.00. The van der Waals surface area contributed by atoms with E-state index < -0.39 is 54.5 Å². The third kappa shape index (κ3) is 9.46. The van der Waals surface area contributed by atoms with Crippen molar-refractivity contribution in [3.8, 4) is 0 Å². The highest BCUT2D eigenvalue weighted by molar-refractivity contribution is 7.78. The lowest BCUT2D eigenvalue weighted by Crippen LogP contribution is -2.39. The molecule has 2 rings (SSSR count). The Morgan fingerprint density at radius 1 is 1.30 bits per heavy atom. The van der Waals surface area contributed by atoms with E-state index in [4.69, 9.17) is 9.47 Å². The molecule has 0 aromatic carbocycles. The second-order valence-electron chi connectivity index (χ2n) is 6.98. The van der Waals surface area contributed by atoms with Crippen LogP contribution in [-0.4, -0.2) is 77.0 Å². The molecular weight excluding hydrogens is 473 g/mol. The van der Waals surface area contributed by atoms with E-state index in [1.54, 1.807) is 12.4 Å². The van der Waals surface area contributed by atoms with Crippen molar-refractivity contribution in [2.24, 2.45) is 0 Å². The molecule has 15 heteroatoms. The summed E-state index contributed by atoms with van der Waals surface area (Å²) in [4.78, 5) is 35.9. The van der Waals surface area contributed by atoms with Crippen molar-refractivity contribution in [2.75, 3.05) is 26.8 Å². The van der Waals surface area contributed by atoms with E-state index in [0.29, 0.717) is 25.7 Å². The summed E-state index contributed by atoms with van der Waals surface area (Å²) in [7, 11) is 1.74. The maximum Gasteiger partial charge on any atom is 0.471 e. The molecule has 0 saturated carbocycles. The zero-order valence-corrected chi connectivity index (χ0v) is 18.8. The van der Waals surface area contributed by atoms with Crippen LogP contribution >= 0.6 is 12.8 Å². The molecule has 2 heterocycles. The first-order valence-electron chi connectivity index (χ1n) is 10.1. The normalized spacial score (nSPS) is 22.5. The number of aliphatic hydroxyl groups is 2. The van der Waals surface area contributed by atoms with Crippen LogP contribution in [-0.2, 0) is 14.3 Å². The number of aliphatic hydroxyl groups excluding tert-OH is 2. The second kappa shape index (κ2) is 14.4. The number of thiol groups is 1. The SMILES string of the molecule is CNS.O=C(NCCCCCCO[C@H]1C(O)[C@@H](CO)O[C@H]1n1ccc(=O)[nH]c1=O)C(F)(F)F. The standard InChI is InChI=1S/C17H24F3N3O7.CH5NS/c18-17(19,20)15(27)21-6-3-1-2-4-8-29-13-12(26)10(9-24)30-14(13)23-7-5-11(25)22-16(23)28;1-2-3/h5,7,10,12-14,24,26H,1-4,6,8-9H2,(H,21,27)(H,22,25,28);2-3H,1H3/t10-,12?,13+,14-;/m1./s1. The average molecular weight is 503 g/mol. The number of rotatable bonds is 10. The lowest BCUT2D eigenvalue weighted by atomic mass is 10.1. The number of halogens is 3. The van der Waals surface area contributed by atoms with Gasteiger partial charge in [0.25, 0.3) is 5.56 Å². The number of alkyl halides is 3. The Morgan fingerprint density at radius 2 is 1.94 bits per heavy atom. The van der Waals surface area contributed by atoms with Gasteiger partial charge in [-0.25, -0.2) is 4.79 Å². The highest BCUT2D eigenvalue weighted by Gasteiger charge is 2.45. The average Bonchev–Trinajstić information content (AvgIpc) is 3.05. The van der Waals surface area contributed by atoms with E-state index in [1.165, 1.54) is 6.20 Å². The van der Waals surface area contributed by atoms with Crippen molar-refractivity contribution in [1.82, 2.24) is 19.6 Å². The van der Waals surface area contributed by atoms with Gasteiger partial charge in [0.2, 0.25) is 0 Å². The maximum absolute atomic E-state index is 12.0. The monoisotopic (exact) mass is 502 g/mol. The van der Waals surface area contributed by atoms with Gasteiger partial charge in [0.1, 0.15) is 18.3 Å². The molecule has 1 fully saturated rings. The molecule has 190 valence electrons. The molecule has 1 aromatic heterocycles. The van der Waals surface area contributed by atoms with Crippen LogP contribution in [0.2, 0.25) is 0 Å². The van der Waals surface area contributed by atoms with Crippen LogP contribution in [0.3, 0.4) is 0 Å². The van der Waals surface area contributed by atoms with Crippen molar-refractivity contribution in [2.45, 2.75) is 56.4 Å². The molecule has 0 bridgehead atoms. The van der Waals surface area contributed by atoms with Gasteiger partial charge in [0, 0.05) is 25.4 Å². The summed E-state index contributed by atoms with van der Waals surface area (Å²) < 4.78 is 50.7. The largest absolute Gasteiger partial charge is 0.471 e. The van der Waals surface area contributed by atoms with E-state index in [1.807, 2.05) is 0 Å². The van der Waals surface area contributed by atoms with Crippen molar-refractivity contribution >= 4 is 18.7 Å². The lowest BCUT2D eigenvalue weighted by molar-refractivity contribution is -0.173. The smallest absolute Gasteiger partial charge is 0.394 e. The minimum Gasteiger partial charge on any atom is -0.394 e. The molecule has 1 unspecified atom stereocenters. The molecule has 4 atom stereocenters. The molecule has 11 nitrogen and oxygen atoms in total. The van der Waals surface area contributed by atoms with E-state index in [2.05, 4.69) is 22.5 Å². The Hall–Kier alpha value is -1.91. The minimum atomic E-state index is -4.89. The number of nitrogens with one attached hydrogen (secondary N) is 3. The number of hydrogen-bond donors (Lipinski definition) is 6. The first-order valence-corrected chi connectivity index (χ1v) is 10.5. The van der Waals surface area contributed by atoms with E-state index in [0.717, 1.165) is 10.6 Å². The molecule has 1 aliphatic rings. The third-order valence-electron chi connectivity index (χ3n) is 4.54. The topological polar surface area (TPSA) is 155 Å². The number of carbonyl (C=O) groups is 1. The van der Waals surface area contributed by atoms with Gasteiger partial charge in [0.05, 0.1) is 6.61 Å². The number of hydrogen-bond acceptors (Lipinski definition) is 9. The summed E-state index contributed by atoms with van der Waals surface area (Å²) in [5, 5.41) is 21.4. The van der Waals surface area contributed by atoms with Crippen LogP contribution in [0, 0.1) is 0 Å². The van der Waals surface area contributed by atoms with Gasteiger partial charge in [-0.1, -0.05) is 25.7 Å². The lowest BCUT2D eigenvalue weighted by Gasteiger charge is -2.22. The molecule has 1 amide bonds. The second-order valence-corrected chi connectivity index (χ2v) is 7.43. The number of ether oxygens (including phenoxy) is 2. The first-order chi connectivity index (χ1) is 15.6. The summed E-state index contributed by atoms with van der Waals surface area (Å²) in [5.41, 5.74) is -1.36. The van der Waals surface area contributed by atoms with Crippen LogP contribution in [0.15, 0.2) is 21.9 Å². The number of aromatic nitrogens is 2. The third-order valence-corrected chi connectivity index (χ3v) is 4.54. The van der Waals surface area contributed by atoms with Gasteiger partial charge in [-0.15, -0.1) is 0 Å². The quantitative estimate of drug-likeness (QED) is 0.184. The van der Waals surface area contributed by atoms with E-state index in [-0.39, 0.29) is 13.2 Å². The zero-order chi connectivity index (χ0) is 25.0. The fourth-order valence-electron chi connectivity index (χ4n) is 3.00. The molecule has 1 saturated heterocycles. The van der Waals surface area contributed by atoms with E-state index >= 15 is 0 Å². The van der Waals surface area contributed by atoms with Crippen LogP contribution < -0.4 is 21.3 Å². The minimum absolute atomic E-state index is 0.0935. The van der Waals surface area contributed by atoms with E-state index in [9.17, 15) is 37.8 Å². The Morgan fingerprint density at radius 3 is 2.52 bits per heavy atom. The Kier molecular flexibility index (Phi) is 12.7. The predicted molar refractivity (Wildman–Crippen MR) is 114 cm³/mol. The fraction of sp³-hybridized carbons (Fsp3) is 0.722. The summed E-state index contributed by atoms with van der Waals surface area (Å²) in [6.45, 7) is -0.435. The molecule has 0 radical (unpaired) electrons. The molecule has 1 aromatic rings. The zero-order valence-electron chi connectivity index (χ0n) is 17.9. The van der Waals surface area contributed by atoms with Gasteiger partial charge < -0.3 is 25.0 Å². The Balaban J connectivity index is 0.00000172. The van der Waals surface area contributed by atoms with Crippen LogP contribution in [0.1, 0.15) is 31.9 Å². The molecule has 5 N–H and O–H groups in total. The number of amides is 1. The molecule has 0 aliphatic carbocycles.